The minimum absolute atomic E-state index is 0.134. The number of imidazole rings is 2. The predicted octanol–water partition coefficient (Wildman–Crippen LogP) is 1.43. The molecule has 0 bridgehead atoms. The van der Waals surface area contributed by atoms with Crippen molar-refractivity contribution in [2.75, 3.05) is 11.0 Å². The molecule has 2 atom stereocenters. The van der Waals surface area contributed by atoms with Crippen molar-refractivity contribution < 1.29 is 34.3 Å². The van der Waals surface area contributed by atoms with Crippen LogP contribution in [0.4, 0.5) is 11.9 Å². The van der Waals surface area contributed by atoms with Gasteiger partial charge in [0.05, 0.1) is 22.1 Å². The summed E-state index contributed by atoms with van der Waals surface area (Å²) in [4.78, 5) is 62.1. The van der Waals surface area contributed by atoms with Crippen LogP contribution >= 0.6 is 0 Å². The average molecular weight is 539 g/mol. The number of carboxylic acids is 1. The number of H-pyrrole nitrogens is 2. The molecule has 2 aromatic heterocycles. The molecule has 2 fully saturated rings. The first-order valence-electron chi connectivity index (χ1n) is 11.9. The van der Waals surface area contributed by atoms with E-state index < -0.39 is 24.0 Å². The van der Waals surface area contributed by atoms with Crippen molar-refractivity contribution in [3.8, 4) is 0 Å². The lowest BCUT2D eigenvalue weighted by Gasteiger charge is -2.08. The topological polar surface area (TPSA) is 223 Å². The summed E-state index contributed by atoms with van der Waals surface area (Å²) in [7, 11) is 0. The number of carbonyl (C=O) groups is 4. The van der Waals surface area contributed by atoms with E-state index in [1.165, 1.54) is 0 Å². The number of fused-ring (bicyclic) bond motifs is 2. The Balaban J connectivity index is 0.000000149. The number of benzene rings is 2. The van der Waals surface area contributed by atoms with E-state index in [0.29, 0.717) is 37.6 Å². The highest BCUT2D eigenvalue weighted by Crippen LogP contribution is 2.14. The number of amides is 2. The number of aromatic amines is 2. The van der Waals surface area contributed by atoms with Gasteiger partial charge in [0.1, 0.15) is 12.1 Å². The van der Waals surface area contributed by atoms with Crippen LogP contribution in [-0.2, 0) is 24.0 Å². The minimum atomic E-state index is -0.944. The molecule has 2 saturated heterocycles. The molecule has 2 amide bonds. The number of anilines is 2. The van der Waals surface area contributed by atoms with Gasteiger partial charge >= 0.3 is 11.9 Å². The Labute approximate surface area is 220 Å². The average Bonchev–Trinajstić information content (AvgIpc) is 3.73. The van der Waals surface area contributed by atoms with E-state index in [9.17, 15) is 19.2 Å². The van der Waals surface area contributed by atoms with Gasteiger partial charge in [-0.25, -0.2) is 25.0 Å². The van der Waals surface area contributed by atoms with Gasteiger partial charge in [0, 0.05) is 12.8 Å². The Morgan fingerprint density at radius 3 is 1.79 bits per heavy atom. The van der Waals surface area contributed by atoms with E-state index in [4.69, 9.17) is 15.2 Å². The molecule has 0 saturated carbocycles. The Hall–Kier alpha value is -5.18. The fraction of sp³-hybridized carbons (Fsp3) is 0.250. The van der Waals surface area contributed by atoms with Crippen molar-refractivity contribution >= 4 is 57.7 Å². The van der Waals surface area contributed by atoms with Crippen LogP contribution in [0.3, 0.4) is 0 Å². The summed E-state index contributed by atoms with van der Waals surface area (Å²) in [5.74, 6) is -1.05. The SMILES string of the molecule is O=C1CCC(C(=O)O)N1.O=C1CCC(C(=O)ONc2nc3ccccc3[nH]2)N1.ONc1nc2ccccc2[nH]1. The maximum absolute atomic E-state index is 11.6. The summed E-state index contributed by atoms with van der Waals surface area (Å²) in [6, 6.07) is 13.8. The Morgan fingerprint density at radius 2 is 1.33 bits per heavy atom. The molecule has 0 radical (unpaired) electrons. The summed E-state index contributed by atoms with van der Waals surface area (Å²) >= 11 is 0. The number of carbonyl (C=O) groups excluding carboxylic acids is 3. The summed E-state index contributed by atoms with van der Waals surface area (Å²) in [5, 5.41) is 21.7. The lowest BCUT2D eigenvalue weighted by Crippen LogP contribution is -2.35. The van der Waals surface area contributed by atoms with Crippen LogP contribution in [0.25, 0.3) is 22.1 Å². The summed E-state index contributed by atoms with van der Waals surface area (Å²) < 4.78 is 0. The third kappa shape index (κ3) is 7.20. The van der Waals surface area contributed by atoms with Crippen molar-refractivity contribution in [3.05, 3.63) is 48.5 Å². The Morgan fingerprint density at radius 1 is 0.821 bits per heavy atom. The van der Waals surface area contributed by atoms with Crippen molar-refractivity contribution in [1.29, 1.82) is 0 Å². The van der Waals surface area contributed by atoms with Gasteiger partial charge in [-0.2, -0.15) is 5.48 Å². The zero-order valence-corrected chi connectivity index (χ0v) is 20.4. The minimum Gasteiger partial charge on any atom is -0.480 e. The Bertz CT molecular complexity index is 1420. The van der Waals surface area contributed by atoms with E-state index in [-0.39, 0.29) is 11.8 Å². The highest BCUT2D eigenvalue weighted by Gasteiger charge is 2.29. The van der Waals surface area contributed by atoms with E-state index >= 15 is 0 Å². The van der Waals surface area contributed by atoms with Crippen molar-refractivity contribution in [1.82, 2.24) is 30.6 Å². The van der Waals surface area contributed by atoms with Crippen molar-refractivity contribution in [2.45, 2.75) is 37.8 Å². The molecule has 2 aliphatic rings. The van der Waals surface area contributed by atoms with E-state index in [1.807, 2.05) is 54.0 Å². The molecule has 15 heteroatoms. The molecule has 204 valence electrons. The lowest BCUT2D eigenvalue weighted by molar-refractivity contribution is -0.143. The normalized spacial score (nSPS) is 17.8. The zero-order valence-electron chi connectivity index (χ0n) is 20.4. The van der Waals surface area contributed by atoms with Gasteiger partial charge in [0.25, 0.3) is 0 Å². The number of nitrogens with zero attached hydrogens (tertiary/aromatic N) is 2. The fourth-order valence-corrected chi connectivity index (χ4v) is 3.77. The smallest absolute Gasteiger partial charge is 0.354 e. The van der Waals surface area contributed by atoms with E-state index in [2.05, 4.69) is 36.0 Å². The number of hydrogen-bond acceptors (Lipinski definition) is 10. The molecule has 0 spiro atoms. The second-order valence-corrected chi connectivity index (χ2v) is 8.50. The van der Waals surface area contributed by atoms with Crippen LogP contribution < -0.4 is 21.6 Å². The summed E-state index contributed by atoms with van der Waals surface area (Å²) in [5.41, 5.74) is 7.77. The second-order valence-electron chi connectivity index (χ2n) is 8.50. The Kier molecular flexibility index (Phi) is 8.53. The first kappa shape index (κ1) is 26.9. The standard InChI is InChI=1S/C12H12N4O3.C7H7N3O.C5H7NO3/c17-10-6-5-9(13-10)11(18)19-16-12-14-7-3-1-2-4-8(7)15-12;11-10-7-8-5-3-1-2-4-6(5)9-7;7-4-2-1-3(6-4)5(8)9/h1-4,9H,5-6H2,(H,13,17)(H2,14,15,16);1-4,11H,(H2,8,9,10);3H,1-2H2,(H,6,7)(H,8,9). The third-order valence-electron chi connectivity index (χ3n) is 5.71. The van der Waals surface area contributed by atoms with Gasteiger partial charge < -0.3 is 30.5 Å². The van der Waals surface area contributed by atoms with Gasteiger partial charge in [-0.1, -0.05) is 24.3 Å². The molecule has 8 N–H and O–H groups in total. The van der Waals surface area contributed by atoms with Crippen LogP contribution in [0.2, 0.25) is 0 Å². The van der Waals surface area contributed by atoms with Gasteiger partial charge in [-0.3, -0.25) is 14.8 Å². The fourth-order valence-electron chi connectivity index (χ4n) is 3.77. The zero-order chi connectivity index (χ0) is 27.8. The number of aromatic nitrogens is 4. The van der Waals surface area contributed by atoms with Gasteiger partial charge in [-0.15, -0.1) is 0 Å². The highest BCUT2D eigenvalue weighted by atomic mass is 16.7. The maximum atomic E-state index is 11.6. The number of para-hydroxylation sites is 4. The van der Waals surface area contributed by atoms with E-state index in [0.717, 1.165) is 22.1 Å². The molecule has 15 nitrogen and oxygen atoms in total. The molecule has 6 rings (SSSR count). The summed E-state index contributed by atoms with van der Waals surface area (Å²) in [6.07, 6.45) is 1.58. The van der Waals surface area contributed by atoms with Gasteiger partial charge in [-0.05, 0) is 37.1 Å². The van der Waals surface area contributed by atoms with Crippen LogP contribution in [0.1, 0.15) is 25.7 Å². The number of aliphatic carboxylic acids is 1. The second kappa shape index (κ2) is 12.4. The summed E-state index contributed by atoms with van der Waals surface area (Å²) in [6.45, 7) is 0. The third-order valence-corrected chi connectivity index (χ3v) is 5.71. The first-order chi connectivity index (χ1) is 18.8. The van der Waals surface area contributed by atoms with Crippen LogP contribution in [0.15, 0.2) is 48.5 Å². The quantitative estimate of drug-likeness (QED) is 0.170. The predicted molar refractivity (Wildman–Crippen MR) is 137 cm³/mol. The van der Waals surface area contributed by atoms with Crippen molar-refractivity contribution in [3.63, 3.8) is 0 Å². The number of nitrogens with one attached hydrogen (secondary N) is 6. The molecular formula is C24H26N8O7. The van der Waals surface area contributed by atoms with Gasteiger partial charge in [0.2, 0.25) is 23.7 Å². The maximum Gasteiger partial charge on any atom is 0.354 e. The highest BCUT2D eigenvalue weighted by molar-refractivity contribution is 5.88. The molecular weight excluding hydrogens is 512 g/mol. The first-order valence-corrected chi connectivity index (χ1v) is 11.9. The molecule has 2 aromatic carbocycles. The molecule has 4 heterocycles. The number of carboxylic acid groups (broad SMARTS) is 1. The molecule has 2 unspecified atom stereocenters. The lowest BCUT2D eigenvalue weighted by atomic mass is 10.2. The van der Waals surface area contributed by atoms with E-state index in [1.54, 1.807) is 0 Å². The van der Waals surface area contributed by atoms with Crippen LogP contribution in [0.5, 0.6) is 0 Å². The van der Waals surface area contributed by atoms with Crippen molar-refractivity contribution in [2.24, 2.45) is 0 Å². The monoisotopic (exact) mass is 538 g/mol. The molecule has 4 aromatic rings. The number of rotatable bonds is 5. The molecule has 0 aliphatic carbocycles. The molecule has 2 aliphatic heterocycles. The van der Waals surface area contributed by atoms with Crippen LogP contribution in [0, 0.1) is 0 Å². The largest absolute Gasteiger partial charge is 0.480 e. The molecule has 39 heavy (non-hydrogen) atoms. The van der Waals surface area contributed by atoms with Crippen LogP contribution in [-0.4, -0.2) is 66.1 Å². The number of hydrogen-bond donors (Lipinski definition) is 8. The van der Waals surface area contributed by atoms with Gasteiger partial charge in [0.15, 0.2) is 0 Å².